The number of nitrogens with zero attached hydrogens (tertiary/aromatic N) is 1. The van der Waals surface area contributed by atoms with E-state index in [9.17, 15) is 19.0 Å². The third-order valence-electron chi connectivity index (χ3n) is 14.0. The molecule has 3 atom stereocenters. The maximum absolute atomic E-state index is 13.6. The van der Waals surface area contributed by atoms with E-state index in [0.29, 0.717) is 23.9 Å². The molecule has 0 aliphatic carbocycles. The van der Waals surface area contributed by atoms with E-state index >= 15 is 0 Å². The van der Waals surface area contributed by atoms with Crippen LogP contribution >= 0.6 is 7.82 Å². The van der Waals surface area contributed by atoms with Crippen LogP contribution in [0.15, 0.2) is 60.8 Å². The fourth-order valence-electron chi connectivity index (χ4n) is 9.11. The zero-order valence-electron chi connectivity index (χ0n) is 50.0. The number of carbonyl (C=O) groups is 2. The van der Waals surface area contributed by atoms with Gasteiger partial charge in [0.25, 0.3) is 0 Å². The quantitative estimate of drug-likeness (QED) is 0.0156. The highest BCUT2D eigenvalue weighted by atomic mass is 31.2. The number of allylic oxidation sites excluding steroid dienone is 9. The fraction of sp³-hybridized carbons (Fsp3) is 0.815. The summed E-state index contributed by atoms with van der Waals surface area (Å²) in [7, 11) is 1.49. The van der Waals surface area contributed by atoms with Crippen molar-refractivity contribution in [1.82, 2.24) is 5.32 Å². The van der Waals surface area contributed by atoms with Crippen LogP contribution in [0.25, 0.3) is 0 Å². The predicted octanol–water partition coefficient (Wildman–Crippen LogP) is 19.4. The van der Waals surface area contributed by atoms with E-state index in [1.165, 1.54) is 173 Å². The molecular formula is C65H122N2O7P+. The summed E-state index contributed by atoms with van der Waals surface area (Å²) >= 11 is 0. The van der Waals surface area contributed by atoms with Crippen LogP contribution in [-0.2, 0) is 27.9 Å². The molecule has 438 valence electrons. The number of ether oxygens (including phenoxy) is 1. The van der Waals surface area contributed by atoms with Crippen molar-refractivity contribution in [2.45, 2.75) is 303 Å². The van der Waals surface area contributed by atoms with Gasteiger partial charge in [0, 0.05) is 12.8 Å². The van der Waals surface area contributed by atoms with Crippen LogP contribution in [0, 0.1) is 0 Å². The molecular weight excluding hydrogens is 952 g/mol. The minimum atomic E-state index is -4.45. The Kier molecular flexibility index (Phi) is 53.4. The molecule has 0 aromatic heterocycles. The molecule has 0 aliphatic rings. The van der Waals surface area contributed by atoms with Crippen LogP contribution in [0.3, 0.4) is 0 Å². The Labute approximate surface area is 464 Å². The first kappa shape index (κ1) is 72.7. The normalized spacial score (nSPS) is 14.1. The molecule has 75 heavy (non-hydrogen) atoms. The van der Waals surface area contributed by atoms with Gasteiger partial charge in [0.15, 0.2) is 0 Å². The number of likely N-dealkylation sites (N-methyl/N-ethyl adjacent to an activating group) is 1. The first-order chi connectivity index (χ1) is 36.4. The van der Waals surface area contributed by atoms with Crippen molar-refractivity contribution in [2.24, 2.45) is 0 Å². The summed E-state index contributed by atoms with van der Waals surface area (Å²) in [6, 6.07) is -0.857. The van der Waals surface area contributed by atoms with Gasteiger partial charge in [0.2, 0.25) is 5.91 Å². The first-order valence-electron chi connectivity index (χ1n) is 31.6. The highest BCUT2D eigenvalue weighted by Gasteiger charge is 2.30. The number of phosphoric ester groups is 1. The number of phosphoric acid groups is 1. The molecule has 0 spiro atoms. The van der Waals surface area contributed by atoms with Gasteiger partial charge in [-0.1, -0.05) is 262 Å². The Hall–Kier alpha value is -2.29. The number of rotatable bonds is 57. The van der Waals surface area contributed by atoms with Crippen LogP contribution in [0.4, 0.5) is 0 Å². The Bertz CT molecular complexity index is 1470. The smallest absolute Gasteiger partial charge is 0.456 e. The number of amides is 1. The maximum atomic E-state index is 13.6. The summed E-state index contributed by atoms with van der Waals surface area (Å²) in [4.78, 5) is 37.7. The second-order valence-corrected chi connectivity index (χ2v) is 24.1. The topological polar surface area (TPSA) is 111 Å². The second-order valence-electron chi connectivity index (χ2n) is 22.6. The van der Waals surface area contributed by atoms with Crippen LogP contribution in [-0.4, -0.2) is 74.3 Å². The van der Waals surface area contributed by atoms with Gasteiger partial charge >= 0.3 is 13.8 Å². The van der Waals surface area contributed by atoms with E-state index in [0.717, 1.165) is 77.0 Å². The molecule has 0 saturated heterocycles. The average Bonchev–Trinajstić information content (AvgIpc) is 3.37. The molecule has 0 aromatic rings. The lowest BCUT2D eigenvalue weighted by Gasteiger charge is -2.27. The van der Waals surface area contributed by atoms with Crippen molar-refractivity contribution in [3.05, 3.63) is 60.8 Å². The molecule has 3 unspecified atom stereocenters. The van der Waals surface area contributed by atoms with E-state index in [4.69, 9.17) is 13.8 Å². The highest BCUT2D eigenvalue weighted by molar-refractivity contribution is 7.47. The highest BCUT2D eigenvalue weighted by Crippen LogP contribution is 2.43. The van der Waals surface area contributed by atoms with Crippen molar-refractivity contribution >= 4 is 19.7 Å². The van der Waals surface area contributed by atoms with Gasteiger partial charge < -0.3 is 19.4 Å². The molecule has 0 bridgehead atoms. The van der Waals surface area contributed by atoms with Crippen molar-refractivity contribution in [2.75, 3.05) is 40.9 Å². The summed E-state index contributed by atoms with van der Waals surface area (Å²) in [5.74, 6) is -0.522. The molecule has 1 amide bonds. The third kappa shape index (κ3) is 56.2. The van der Waals surface area contributed by atoms with Gasteiger partial charge in [-0.2, -0.15) is 0 Å². The summed E-state index contributed by atoms with van der Waals surface area (Å²) in [6.45, 7) is 6.88. The molecule has 0 saturated carbocycles. The predicted molar refractivity (Wildman–Crippen MR) is 323 cm³/mol. The summed E-state index contributed by atoms with van der Waals surface area (Å²) < 4.78 is 30.7. The van der Waals surface area contributed by atoms with E-state index in [-0.39, 0.29) is 31.5 Å². The van der Waals surface area contributed by atoms with Crippen molar-refractivity contribution in [3.63, 3.8) is 0 Å². The number of hydrogen-bond acceptors (Lipinski definition) is 6. The zero-order chi connectivity index (χ0) is 55.0. The van der Waals surface area contributed by atoms with Gasteiger partial charge in [0.1, 0.15) is 19.3 Å². The first-order valence-corrected chi connectivity index (χ1v) is 33.1. The molecule has 9 nitrogen and oxygen atoms in total. The van der Waals surface area contributed by atoms with Crippen LogP contribution in [0.5, 0.6) is 0 Å². The number of hydrogen-bond donors (Lipinski definition) is 2. The summed E-state index contributed by atoms with van der Waals surface area (Å²) in [5, 5.41) is 3.06. The molecule has 0 heterocycles. The van der Waals surface area contributed by atoms with Crippen molar-refractivity contribution in [3.8, 4) is 0 Å². The monoisotopic (exact) mass is 1070 g/mol. The third-order valence-corrected chi connectivity index (χ3v) is 15.0. The van der Waals surface area contributed by atoms with Gasteiger partial charge in [-0.25, -0.2) is 4.57 Å². The van der Waals surface area contributed by atoms with Gasteiger partial charge in [-0.05, 0) is 76.7 Å². The number of quaternary nitrogens is 1. The molecule has 0 radical (unpaired) electrons. The largest absolute Gasteiger partial charge is 0.472 e. The molecule has 0 fully saturated rings. The summed E-state index contributed by atoms with van der Waals surface area (Å²) in [6.07, 6.45) is 69.4. The molecule has 2 N–H and O–H groups in total. The van der Waals surface area contributed by atoms with E-state index in [2.05, 4.69) is 74.7 Å². The number of nitrogens with one attached hydrogen (secondary N) is 1. The average molecular weight is 1070 g/mol. The van der Waals surface area contributed by atoms with Crippen molar-refractivity contribution in [1.29, 1.82) is 0 Å². The minimum absolute atomic E-state index is 0.0361. The minimum Gasteiger partial charge on any atom is -0.456 e. The van der Waals surface area contributed by atoms with E-state index in [1.54, 1.807) is 0 Å². The standard InChI is InChI=1S/C65H121N2O7P/c1-7-10-13-16-19-22-25-28-29-30-31-32-33-34-35-36-37-40-42-45-48-51-54-57-64(68)66-62(61-73-75(70,71)72-60-59-67(4,5)6)63(56-53-50-47-44-41-38-26-23-20-17-14-11-8-2)74-65(69)58-55-52-49-46-43-39-27-24-21-18-15-12-9-3/h12,15,18,21,24,27-29,53,56,62-63H,7-11,13-14,16-17,19-20,22-23,25-26,30-52,54-55,57-61H2,1-6H3,(H-,66,68,70,71)/p+1/b15-12+,21-18+,27-24-,29-28+,56-53-. The Morgan fingerprint density at radius 3 is 1.31 bits per heavy atom. The van der Waals surface area contributed by atoms with Crippen LogP contribution in [0.2, 0.25) is 0 Å². The van der Waals surface area contributed by atoms with Crippen LogP contribution < -0.4 is 5.32 Å². The molecule has 0 rings (SSSR count). The number of carbonyl (C=O) groups excluding carboxylic acids is 2. The van der Waals surface area contributed by atoms with Crippen LogP contribution in [0.1, 0.15) is 290 Å². The van der Waals surface area contributed by atoms with E-state index in [1.807, 2.05) is 33.3 Å². The zero-order valence-corrected chi connectivity index (χ0v) is 50.9. The lowest BCUT2D eigenvalue weighted by molar-refractivity contribution is -0.870. The van der Waals surface area contributed by atoms with Crippen molar-refractivity contribution < 1.29 is 37.3 Å². The van der Waals surface area contributed by atoms with Gasteiger partial charge in [-0.15, -0.1) is 0 Å². The van der Waals surface area contributed by atoms with Gasteiger partial charge in [-0.3, -0.25) is 18.6 Å². The molecule has 10 heteroatoms. The van der Waals surface area contributed by atoms with E-state index < -0.39 is 20.0 Å². The Balaban J connectivity index is 5.17. The maximum Gasteiger partial charge on any atom is 0.472 e. The fourth-order valence-corrected chi connectivity index (χ4v) is 9.85. The second kappa shape index (κ2) is 55.0. The number of unbranched alkanes of at least 4 members (excludes halogenated alkanes) is 35. The van der Waals surface area contributed by atoms with Gasteiger partial charge in [0.05, 0.1) is 33.8 Å². The Morgan fingerprint density at radius 1 is 0.480 bits per heavy atom. The SMILES string of the molecule is CC/C=C/C=C/C=C\CCCCCCCC(=O)OC(/C=C\CCCCCCCCCCCCC)C(COP(=O)(O)OCC[N+](C)(C)C)NC(=O)CCCCCCCCCCCCCCC/C=C/CCCCCCCC. The lowest BCUT2D eigenvalue weighted by Crippen LogP contribution is -2.47. The number of esters is 1. The molecule has 0 aromatic carbocycles. The summed E-state index contributed by atoms with van der Waals surface area (Å²) in [5.41, 5.74) is 0. The lowest BCUT2D eigenvalue weighted by atomic mass is 10.0. The Morgan fingerprint density at radius 2 is 0.867 bits per heavy atom. The molecule has 0 aliphatic heterocycles.